The van der Waals surface area contributed by atoms with E-state index in [1.165, 1.54) is 39.5 Å². The van der Waals surface area contributed by atoms with Crippen molar-refractivity contribution in [3.05, 3.63) is 172 Å². The second-order valence-electron chi connectivity index (χ2n) is 32.5. The Morgan fingerprint density at radius 1 is 0.374 bits per heavy atom. The molecule has 13 aromatic rings. The molecule has 740 valence electrons. The number of hydrogen-bond acceptors (Lipinski definition) is 45. The number of rotatable bonds is 36. The largest absolute Gasteiger partial charge is 0.472 e. The van der Waals surface area contributed by atoms with Gasteiger partial charge in [-0.15, -0.1) is 0 Å². The van der Waals surface area contributed by atoms with Crippen molar-refractivity contribution in [3.8, 4) is 11.1 Å². The number of aromatic nitrogens is 22. The second-order valence-corrected chi connectivity index (χ2v) is 39.5. The van der Waals surface area contributed by atoms with Crippen molar-refractivity contribution in [1.29, 1.82) is 0 Å². The zero-order valence-electron chi connectivity index (χ0n) is 71.7. The van der Waals surface area contributed by atoms with Gasteiger partial charge in [-0.25, -0.2) is 62.5 Å². The number of nitrogen functional groups attached to an aromatic ring is 5. The Morgan fingerprint density at radius 2 is 0.691 bits per heavy atom. The van der Waals surface area contributed by atoms with Crippen LogP contribution in [0.2, 0.25) is 0 Å². The molecule has 0 saturated carbocycles. The summed E-state index contributed by atoms with van der Waals surface area (Å²) in [6.07, 6.45) is -21.3. The summed E-state index contributed by atoms with van der Waals surface area (Å²) in [5.74, 6) is -1.46. The van der Waals surface area contributed by atoms with Crippen LogP contribution in [0.25, 0.3) is 66.9 Å². The topological polar surface area (TPSA) is 846 Å². The van der Waals surface area contributed by atoms with E-state index >= 15 is 0 Å². The van der Waals surface area contributed by atoms with Crippen molar-refractivity contribution >= 4 is 125 Å². The van der Waals surface area contributed by atoms with Crippen LogP contribution < -0.4 is 62.2 Å². The predicted octanol–water partition coefficient (Wildman–Crippen LogP) is 0.609. The van der Waals surface area contributed by atoms with Gasteiger partial charge in [0.25, 0.3) is 27.8 Å². The summed E-state index contributed by atoms with van der Waals surface area (Å²) in [6, 6.07) is 16.8. The van der Waals surface area contributed by atoms with Gasteiger partial charge >= 0.3 is 44.8 Å². The van der Waals surface area contributed by atoms with Crippen molar-refractivity contribution in [2.24, 2.45) is 0 Å². The van der Waals surface area contributed by atoms with E-state index in [1.807, 2.05) is 48.5 Å². The lowest BCUT2D eigenvalue weighted by Crippen LogP contribution is -2.33. The van der Waals surface area contributed by atoms with Gasteiger partial charge in [-0.2, -0.15) is 19.9 Å². The molecule has 0 bridgehead atoms. The number of nitrogens with zero attached hydrogens (tertiary/aromatic N) is 17. The summed E-state index contributed by atoms with van der Waals surface area (Å²) < 4.78 is 180. The van der Waals surface area contributed by atoms with E-state index in [9.17, 15) is 81.2 Å². The van der Waals surface area contributed by atoms with Crippen LogP contribution in [0, 0.1) is 6.92 Å². The summed E-state index contributed by atoms with van der Waals surface area (Å²) in [5.41, 5.74) is 26.4. The summed E-state index contributed by atoms with van der Waals surface area (Å²) in [4.78, 5) is 193. The summed E-state index contributed by atoms with van der Waals surface area (Å²) in [5, 5.41) is 11.1. The van der Waals surface area contributed by atoms with Gasteiger partial charge in [-0.05, 0) is 23.6 Å². The van der Waals surface area contributed by atoms with Gasteiger partial charge in [-0.3, -0.25) is 122 Å². The maximum absolute atomic E-state index is 14.8. The van der Waals surface area contributed by atoms with Crippen molar-refractivity contribution < 1.29 is 131 Å². The van der Waals surface area contributed by atoms with Crippen LogP contribution in [0.5, 0.6) is 0 Å². The molecule has 66 heteroatoms. The number of fused-ring (bicyclic) bond motifs is 5. The molecule has 61 nitrogen and oxygen atoms in total. The lowest BCUT2D eigenvalue weighted by atomic mass is 10.0. The van der Waals surface area contributed by atoms with Crippen molar-refractivity contribution in [2.45, 2.75) is 163 Å². The van der Waals surface area contributed by atoms with Crippen LogP contribution >= 0.6 is 39.1 Å². The van der Waals surface area contributed by atoms with E-state index in [-0.39, 0.29) is 112 Å². The molecule has 139 heavy (non-hydrogen) atoms. The molecular formula is C73H84N27O34P5. The molecule has 6 fully saturated rings. The fourth-order valence-electron chi connectivity index (χ4n) is 16.9. The van der Waals surface area contributed by atoms with Gasteiger partial charge in [0.1, 0.15) is 116 Å². The Kier molecular flexibility index (Phi) is 26.6. The Hall–Kier alpha value is -11.7. The van der Waals surface area contributed by atoms with E-state index in [0.717, 1.165) is 55.7 Å². The molecule has 6 aliphatic heterocycles. The van der Waals surface area contributed by atoms with Gasteiger partial charge in [0.05, 0.1) is 84.0 Å². The number of phosphoric acid groups is 5. The minimum atomic E-state index is -5.70. The number of nitrogens with two attached hydrogens (primary N) is 5. The Morgan fingerprint density at radius 3 is 1.07 bits per heavy atom. The molecule has 19 rings (SSSR count). The quantitative estimate of drug-likeness (QED) is 0.0239. The lowest BCUT2D eigenvalue weighted by molar-refractivity contribution is -0.0711. The number of benzene rings is 2. The Labute approximate surface area is 773 Å². The highest BCUT2D eigenvalue weighted by molar-refractivity contribution is 7.48. The lowest BCUT2D eigenvalue weighted by Gasteiger charge is -2.26. The Bertz CT molecular complexity index is 7500. The van der Waals surface area contributed by atoms with Crippen molar-refractivity contribution in [3.63, 3.8) is 0 Å². The number of imidazole rings is 5. The fraction of sp³-hybridized carbons (Fsp3) is 0.438. The first-order valence-corrected chi connectivity index (χ1v) is 49.5. The van der Waals surface area contributed by atoms with Gasteiger partial charge in [0, 0.05) is 50.3 Å². The number of ether oxygens (including phenoxy) is 7. The van der Waals surface area contributed by atoms with Gasteiger partial charge in [0.2, 0.25) is 23.8 Å². The monoisotopic (exact) mass is 2040 g/mol. The summed E-state index contributed by atoms with van der Waals surface area (Å²) in [7, 11) is -27.7. The number of anilines is 5. The van der Waals surface area contributed by atoms with Gasteiger partial charge in [0.15, 0.2) is 56.1 Å². The maximum Gasteiger partial charge on any atom is 0.472 e. The minimum absolute atomic E-state index is 0.00237. The van der Waals surface area contributed by atoms with Crippen LogP contribution in [0.3, 0.4) is 0 Å². The third-order valence-corrected chi connectivity index (χ3v) is 28.4. The van der Waals surface area contributed by atoms with E-state index in [2.05, 4.69) is 79.7 Å². The second kappa shape index (κ2) is 38.4. The smallest absolute Gasteiger partial charge is 0.390 e. The van der Waals surface area contributed by atoms with Gasteiger partial charge < -0.3 is 91.4 Å². The fourth-order valence-corrected chi connectivity index (χ4v) is 21.7. The van der Waals surface area contributed by atoms with E-state index in [1.54, 1.807) is 6.07 Å². The highest BCUT2D eigenvalue weighted by Crippen LogP contribution is 2.57. The Balaban J connectivity index is 0.551. The summed E-state index contributed by atoms with van der Waals surface area (Å²) >= 11 is 0. The van der Waals surface area contributed by atoms with Crippen LogP contribution in [0.1, 0.15) is 87.0 Å². The van der Waals surface area contributed by atoms with Crippen LogP contribution in [0.15, 0.2) is 128 Å². The average molecular weight is 2040 g/mol. The third-order valence-electron chi connectivity index (χ3n) is 23.3. The standard InChI is InChI=1S/C73H84N27O34P5/c1-31-17-95(73(107)94-64(31)102)48-12-36(42(125-48)19-118-18-33-9-5-6-10-34(33)32-7-3-2-4-8-32)130-136(110,111)120-22-44-38(14-50(127-44)98-28-83-55-61(98)87-70(76)91-66(55)104)133-138(114,115)122-24-46-40(16-52(129-46)100-30-85-57-63(100)89-72(78)93-68(57)106)134-139(116,117)123-23-45-39(15-51(128-45)99-29-84-56-62(99)88-71(77)92-67(56)105)132-137(112,113)121-21-43-37(13-49(126-43)96-26-81-53-58(74)79-25-80-59(53)96)131-135(108,109)119-20-41-35(101)11-47(124-41)97-27-82-54-60(97)86-69(75)90-65(54)103/h2-10,17,25-30,35-52,101H,11-16,18-24H2,1H3,(H,108,109)(H,110,111)(H,112,113)(H,114,115)(H,116,117)(H2,74,79,80)(H,94,102,107)(H3,75,86,90,103)(H3,76,87,91,104)(H3,77,88,92,105)(H3,78,89,93,106)/t35-,36-,37-,38-,39-,40-,41+,42+,43+,44+,45+,46+,47+,48+,49?,50+,51+,52+/m0/s1. The summed E-state index contributed by atoms with van der Waals surface area (Å²) in [6.45, 7) is -3.99. The number of aliphatic hydroxyl groups is 1. The number of nitrogens with one attached hydrogen (secondary N) is 5. The number of aliphatic hydroxyl groups excluding tert-OH is 1. The molecule has 2 aromatic carbocycles. The molecule has 0 aliphatic carbocycles. The SMILES string of the molecule is Cc1cn([C@H]2C[C@H](OP(=O)(O)OC[C@H]3O[C@@H](n4cnc5c(=O)[nH]c(N)nc54)C[C@@H]3OP(=O)(O)OC[C@H]3O[C@@H](n4cnc5c(=O)[nH]c(N)nc54)C[C@@H]3OP(=O)(O)OC[C@H]3O[C@@H](n4cnc5c(=O)[nH]c(N)nc54)C[C@@H]3OP(=O)(O)OC[C@H]3OC(n4cnc5c(N)ncnc54)C[C@@H]3OP(=O)(O)OC[C@H]3O[C@@H](n4cnc5c(=O)[nH]c(N)nc54)C[C@@H]3O)[C@@H](COCc3ccccc3-c3ccccc3)O2)c(=O)[nH]c1=O. The average Bonchev–Trinajstić information content (AvgIpc) is 1.33. The zero-order chi connectivity index (χ0) is 97.6. The molecule has 6 aliphatic rings. The molecule has 21 N–H and O–H groups in total. The number of aryl methyl sites for hydroxylation is 1. The third kappa shape index (κ3) is 20.7. The predicted molar refractivity (Wildman–Crippen MR) is 468 cm³/mol. The maximum atomic E-state index is 14.8. The first-order chi connectivity index (χ1) is 66.3. The highest BCUT2D eigenvalue weighted by atomic mass is 31.2. The molecule has 0 amide bonds. The number of H-pyrrole nitrogens is 5. The molecule has 6 unspecified atom stereocenters. The minimum Gasteiger partial charge on any atom is -0.390 e. The molecule has 0 radical (unpaired) electrons. The molecule has 0 spiro atoms. The normalized spacial score (nSPS) is 27.3. The van der Waals surface area contributed by atoms with Crippen LogP contribution in [-0.2, 0) is 108 Å². The van der Waals surface area contributed by atoms with Crippen molar-refractivity contribution in [2.75, 3.05) is 68.3 Å². The molecule has 17 heterocycles. The van der Waals surface area contributed by atoms with E-state index in [0.29, 0.717) is 0 Å². The van der Waals surface area contributed by atoms with Crippen LogP contribution in [0.4, 0.5) is 29.6 Å². The van der Waals surface area contributed by atoms with Gasteiger partial charge in [-0.1, -0.05) is 54.6 Å². The zero-order valence-corrected chi connectivity index (χ0v) is 76.1. The van der Waals surface area contributed by atoms with Crippen molar-refractivity contribution in [1.82, 2.24) is 107 Å². The number of phosphoric ester groups is 5. The molecule has 23 atom stereocenters. The first kappa shape index (κ1) is 96.2. The van der Waals surface area contributed by atoms with E-state index in [4.69, 9.17) is 107 Å². The number of hydrogen-bond donors (Lipinski definition) is 16. The molecular weight excluding hydrogens is 1950 g/mol. The molecule has 6 saturated heterocycles. The van der Waals surface area contributed by atoms with Crippen LogP contribution in [-0.4, -0.2) is 250 Å². The molecule has 11 aromatic heterocycles. The number of aromatic amines is 5. The first-order valence-electron chi connectivity index (χ1n) is 42.0. The van der Waals surface area contributed by atoms with E-state index < -0.39 is 247 Å². The highest BCUT2D eigenvalue weighted by Gasteiger charge is 2.52.